The van der Waals surface area contributed by atoms with Gasteiger partial charge in [-0.05, 0) is 56.9 Å². The molecule has 0 aromatic heterocycles. The van der Waals surface area contributed by atoms with E-state index in [1.165, 1.54) is 64.5 Å². The number of nitrogens with zero attached hydrogens (tertiary/aromatic N) is 2. The Hall–Kier alpha value is -0.570. The van der Waals surface area contributed by atoms with Crippen LogP contribution in [0.2, 0.25) is 0 Å². The molecule has 2 heterocycles. The quantitative estimate of drug-likeness (QED) is 0.794. The Morgan fingerprint density at radius 3 is 2.55 bits per heavy atom. The largest absolute Gasteiger partial charge is 0.342 e. The lowest BCUT2D eigenvalue weighted by atomic mass is 9.89. The molecule has 0 aromatic carbocycles. The van der Waals surface area contributed by atoms with E-state index in [0.29, 0.717) is 11.9 Å². The van der Waals surface area contributed by atoms with Gasteiger partial charge in [-0.2, -0.15) is 0 Å². The van der Waals surface area contributed by atoms with Crippen LogP contribution in [0.25, 0.3) is 0 Å². The topological polar surface area (TPSA) is 23.6 Å². The zero-order valence-corrected chi connectivity index (χ0v) is 14.4. The molecule has 3 heteroatoms. The maximum Gasteiger partial charge on any atom is 0.222 e. The van der Waals surface area contributed by atoms with Crippen molar-refractivity contribution in [3.63, 3.8) is 0 Å². The number of likely N-dealkylation sites (tertiary alicyclic amines) is 2. The third-order valence-corrected chi connectivity index (χ3v) is 6.18. The monoisotopic (exact) mass is 306 g/mol. The highest BCUT2D eigenvalue weighted by atomic mass is 16.2. The molecule has 1 amide bonds. The average molecular weight is 306 g/mol. The van der Waals surface area contributed by atoms with Crippen LogP contribution in [0.5, 0.6) is 0 Å². The Morgan fingerprint density at radius 1 is 0.955 bits per heavy atom. The number of carbonyl (C=O) groups excluding carboxylic acids is 1. The average Bonchev–Trinajstić information content (AvgIpc) is 2.71. The first-order valence-corrected chi connectivity index (χ1v) is 9.74. The molecule has 1 aliphatic carbocycles. The van der Waals surface area contributed by atoms with Crippen molar-refractivity contribution >= 4 is 5.91 Å². The van der Waals surface area contributed by atoms with E-state index in [2.05, 4.69) is 16.7 Å². The minimum absolute atomic E-state index is 0.429. The van der Waals surface area contributed by atoms with Gasteiger partial charge in [-0.15, -0.1) is 0 Å². The number of carbonyl (C=O) groups is 1. The van der Waals surface area contributed by atoms with Crippen molar-refractivity contribution in [1.29, 1.82) is 0 Å². The van der Waals surface area contributed by atoms with Crippen LogP contribution in [-0.4, -0.2) is 47.9 Å². The first kappa shape index (κ1) is 16.3. The van der Waals surface area contributed by atoms with E-state index in [-0.39, 0.29) is 0 Å². The smallest absolute Gasteiger partial charge is 0.222 e. The molecule has 126 valence electrons. The SMILES string of the molecule is C[C@@H]1CCCN([C@H]2CCC(=O)N(CC3CCCCC3)CC2)C1. The van der Waals surface area contributed by atoms with E-state index in [1.54, 1.807) is 0 Å². The highest BCUT2D eigenvalue weighted by Gasteiger charge is 2.29. The highest BCUT2D eigenvalue weighted by molar-refractivity contribution is 5.76. The van der Waals surface area contributed by atoms with Crippen molar-refractivity contribution in [3.8, 4) is 0 Å². The number of rotatable bonds is 3. The summed E-state index contributed by atoms with van der Waals surface area (Å²) in [4.78, 5) is 17.4. The van der Waals surface area contributed by atoms with E-state index in [4.69, 9.17) is 0 Å². The maximum absolute atomic E-state index is 12.5. The minimum Gasteiger partial charge on any atom is -0.342 e. The zero-order chi connectivity index (χ0) is 15.4. The predicted molar refractivity (Wildman–Crippen MR) is 90.8 cm³/mol. The molecule has 0 radical (unpaired) electrons. The molecule has 3 nitrogen and oxygen atoms in total. The summed E-state index contributed by atoms with van der Waals surface area (Å²) in [6, 6.07) is 0.656. The fourth-order valence-electron chi connectivity index (χ4n) is 4.82. The standard InChI is InChI=1S/C19H34N2O/c1-16-6-5-12-20(14-16)18-9-10-19(22)21(13-11-18)15-17-7-3-2-4-8-17/h16-18H,2-15H2,1H3/t16-,18+/m1/s1. The molecule has 22 heavy (non-hydrogen) atoms. The Bertz CT molecular complexity index is 364. The Morgan fingerprint density at radius 2 is 1.77 bits per heavy atom. The van der Waals surface area contributed by atoms with Gasteiger partial charge in [0.25, 0.3) is 0 Å². The molecule has 1 saturated carbocycles. The van der Waals surface area contributed by atoms with Gasteiger partial charge in [-0.3, -0.25) is 4.79 Å². The number of piperidine rings is 1. The fourth-order valence-corrected chi connectivity index (χ4v) is 4.82. The molecule has 2 aliphatic heterocycles. The van der Waals surface area contributed by atoms with E-state index >= 15 is 0 Å². The van der Waals surface area contributed by atoms with Crippen LogP contribution in [-0.2, 0) is 4.79 Å². The number of hydrogen-bond acceptors (Lipinski definition) is 2. The normalized spacial score (nSPS) is 33.0. The molecule has 3 rings (SSSR count). The van der Waals surface area contributed by atoms with E-state index in [1.807, 2.05) is 0 Å². The molecule has 0 N–H and O–H groups in total. The van der Waals surface area contributed by atoms with Crippen molar-refractivity contribution in [1.82, 2.24) is 9.80 Å². The molecule has 3 fully saturated rings. The zero-order valence-electron chi connectivity index (χ0n) is 14.4. The second kappa shape index (κ2) is 7.81. The summed E-state index contributed by atoms with van der Waals surface area (Å²) in [6.45, 7) is 6.93. The summed E-state index contributed by atoms with van der Waals surface area (Å²) in [5.74, 6) is 2.05. The van der Waals surface area contributed by atoms with Crippen LogP contribution in [0.3, 0.4) is 0 Å². The van der Waals surface area contributed by atoms with Crippen LogP contribution >= 0.6 is 0 Å². The summed E-state index contributed by atoms with van der Waals surface area (Å²) in [5, 5.41) is 0. The van der Waals surface area contributed by atoms with E-state index < -0.39 is 0 Å². The summed E-state index contributed by atoms with van der Waals surface area (Å²) in [7, 11) is 0. The molecule has 0 aromatic rings. The molecular weight excluding hydrogens is 272 g/mol. The summed E-state index contributed by atoms with van der Waals surface area (Å²) >= 11 is 0. The second-order valence-electron chi connectivity index (χ2n) is 8.07. The molecule has 0 unspecified atom stereocenters. The van der Waals surface area contributed by atoms with Crippen LogP contribution in [0.4, 0.5) is 0 Å². The summed E-state index contributed by atoms with van der Waals surface area (Å²) in [6.07, 6.45) is 12.6. The van der Waals surface area contributed by atoms with Gasteiger partial charge in [0.2, 0.25) is 5.91 Å². The van der Waals surface area contributed by atoms with Gasteiger partial charge >= 0.3 is 0 Å². The van der Waals surface area contributed by atoms with E-state index in [0.717, 1.165) is 37.8 Å². The van der Waals surface area contributed by atoms with Gasteiger partial charge in [0.05, 0.1) is 0 Å². The number of hydrogen-bond donors (Lipinski definition) is 0. The van der Waals surface area contributed by atoms with Gasteiger partial charge in [0, 0.05) is 32.1 Å². The van der Waals surface area contributed by atoms with Crippen molar-refractivity contribution in [3.05, 3.63) is 0 Å². The Labute approximate surface area is 136 Å². The molecule has 2 atom stereocenters. The molecular formula is C19H34N2O. The Kier molecular flexibility index (Phi) is 5.78. The highest BCUT2D eigenvalue weighted by Crippen LogP contribution is 2.27. The minimum atomic E-state index is 0.429. The predicted octanol–water partition coefficient (Wildman–Crippen LogP) is 3.68. The van der Waals surface area contributed by atoms with Crippen LogP contribution in [0.1, 0.15) is 71.1 Å². The van der Waals surface area contributed by atoms with Crippen molar-refractivity contribution in [2.45, 2.75) is 77.2 Å². The third-order valence-electron chi connectivity index (χ3n) is 6.18. The lowest BCUT2D eigenvalue weighted by molar-refractivity contribution is -0.131. The lowest BCUT2D eigenvalue weighted by Crippen LogP contribution is -2.42. The van der Waals surface area contributed by atoms with Gasteiger partial charge in [0.15, 0.2) is 0 Å². The molecule has 0 spiro atoms. The summed E-state index contributed by atoms with van der Waals surface area (Å²) < 4.78 is 0. The van der Waals surface area contributed by atoms with Crippen molar-refractivity contribution in [2.24, 2.45) is 11.8 Å². The van der Waals surface area contributed by atoms with E-state index in [9.17, 15) is 4.79 Å². The third kappa shape index (κ3) is 4.24. The first-order valence-electron chi connectivity index (χ1n) is 9.74. The van der Waals surface area contributed by atoms with Gasteiger partial charge < -0.3 is 9.80 Å². The lowest BCUT2D eigenvalue weighted by Gasteiger charge is -2.37. The van der Waals surface area contributed by atoms with Gasteiger partial charge in [-0.1, -0.05) is 26.2 Å². The second-order valence-corrected chi connectivity index (χ2v) is 8.07. The fraction of sp³-hybridized carbons (Fsp3) is 0.947. The van der Waals surface area contributed by atoms with Gasteiger partial charge in [-0.25, -0.2) is 0 Å². The molecule has 2 saturated heterocycles. The van der Waals surface area contributed by atoms with Crippen molar-refractivity contribution in [2.75, 3.05) is 26.2 Å². The van der Waals surface area contributed by atoms with Crippen molar-refractivity contribution < 1.29 is 4.79 Å². The molecule has 3 aliphatic rings. The summed E-state index contributed by atoms with van der Waals surface area (Å²) in [5.41, 5.74) is 0. The first-order chi connectivity index (χ1) is 10.7. The maximum atomic E-state index is 12.5. The van der Waals surface area contributed by atoms with Crippen LogP contribution in [0, 0.1) is 11.8 Å². The number of amides is 1. The van der Waals surface area contributed by atoms with Crippen LogP contribution < -0.4 is 0 Å². The van der Waals surface area contributed by atoms with Crippen LogP contribution in [0.15, 0.2) is 0 Å². The Balaban J connectivity index is 1.52. The molecule has 0 bridgehead atoms. The van der Waals surface area contributed by atoms with Gasteiger partial charge in [0.1, 0.15) is 0 Å².